The van der Waals surface area contributed by atoms with Crippen LogP contribution >= 0.6 is 0 Å². The van der Waals surface area contributed by atoms with Gasteiger partial charge < -0.3 is 20.3 Å². The number of hydrogen-bond donors (Lipinski definition) is 1. The highest BCUT2D eigenvalue weighted by Crippen LogP contribution is 2.46. The van der Waals surface area contributed by atoms with Gasteiger partial charge in [-0.25, -0.2) is 4.39 Å². The van der Waals surface area contributed by atoms with E-state index in [1.165, 1.54) is 37.1 Å². The van der Waals surface area contributed by atoms with Gasteiger partial charge in [0.1, 0.15) is 11.6 Å². The Labute approximate surface area is 177 Å². The number of hydrogen-bond acceptors (Lipinski definition) is 4. The zero-order valence-corrected chi connectivity index (χ0v) is 17.5. The minimum Gasteiger partial charge on any atom is -0.484 e. The Kier molecular flexibility index (Phi) is 6.27. The van der Waals surface area contributed by atoms with Crippen molar-refractivity contribution in [1.29, 1.82) is 0 Å². The first-order chi connectivity index (χ1) is 14.4. The van der Waals surface area contributed by atoms with Crippen molar-refractivity contribution in [3.63, 3.8) is 0 Å². The lowest BCUT2D eigenvalue weighted by Gasteiger charge is -2.45. The van der Waals surface area contributed by atoms with Gasteiger partial charge in [-0.05, 0) is 75.4 Å². The van der Waals surface area contributed by atoms with Gasteiger partial charge in [0.05, 0.1) is 5.41 Å². The quantitative estimate of drug-likeness (QED) is 0.740. The van der Waals surface area contributed by atoms with Crippen molar-refractivity contribution in [2.75, 3.05) is 32.8 Å². The van der Waals surface area contributed by atoms with Gasteiger partial charge in [0.25, 0.3) is 5.91 Å². The maximum Gasteiger partial charge on any atom is 0.260 e. The van der Waals surface area contributed by atoms with E-state index in [2.05, 4.69) is 4.90 Å². The number of primary amides is 1. The van der Waals surface area contributed by atoms with E-state index in [0.29, 0.717) is 17.7 Å². The Bertz CT molecular complexity index is 749. The molecule has 30 heavy (non-hydrogen) atoms. The number of carbonyl (C=O) groups is 2. The second-order valence-corrected chi connectivity index (χ2v) is 9.18. The minimum atomic E-state index is -0.325. The van der Waals surface area contributed by atoms with Gasteiger partial charge in [0.15, 0.2) is 6.61 Å². The molecule has 1 aromatic rings. The predicted octanol–water partition coefficient (Wildman–Crippen LogP) is 2.56. The molecule has 2 heterocycles. The summed E-state index contributed by atoms with van der Waals surface area (Å²) >= 11 is 0. The van der Waals surface area contributed by atoms with Crippen LogP contribution in [0.1, 0.15) is 44.9 Å². The lowest BCUT2D eigenvalue weighted by atomic mass is 9.73. The molecule has 3 aliphatic rings. The number of nitrogens with zero attached hydrogens (tertiary/aromatic N) is 2. The highest BCUT2D eigenvalue weighted by molar-refractivity contribution is 5.81. The van der Waals surface area contributed by atoms with Crippen LogP contribution in [0.25, 0.3) is 0 Å². The van der Waals surface area contributed by atoms with Crippen molar-refractivity contribution in [1.82, 2.24) is 9.80 Å². The predicted molar refractivity (Wildman–Crippen MR) is 111 cm³/mol. The summed E-state index contributed by atoms with van der Waals surface area (Å²) in [5.74, 6) is 0.728. The Morgan fingerprint density at radius 3 is 2.23 bits per heavy atom. The highest BCUT2D eigenvalue weighted by Gasteiger charge is 2.44. The topological polar surface area (TPSA) is 75.9 Å². The summed E-state index contributed by atoms with van der Waals surface area (Å²) in [7, 11) is 0. The Morgan fingerprint density at radius 2 is 1.67 bits per heavy atom. The molecule has 0 aromatic heterocycles. The average Bonchev–Trinajstić information content (AvgIpc) is 3.57. The number of rotatable bonds is 7. The first kappa shape index (κ1) is 21.1. The van der Waals surface area contributed by atoms with Gasteiger partial charge in [-0.15, -0.1) is 0 Å². The molecule has 2 saturated heterocycles. The number of amides is 2. The Hall–Kier alpha value is -2.15. The fourth-order valence-corrected chi connectivity index (χ4v) is 4.99. The molecule has 1 aliphatic carbocycles. The van der Waals surface area contributed by atoms with Gasteiger partial charge in [0.2, 0.25) is 5.91 Å². The summed E-state index contributed by atoms with van der Waals surface area (Å²) in [6.07, 6.45) is 7.07. The summed E-state index contributed by atoms with van der Waals surface area (Å²) in [5, 5.41) is 0. The van der Waals surface area contributed by atoms with Crippen LogP contribution in [-0.2, 0) is 9.59 Å². The largest absolute Gasteiger partial charge is 0.484 e. The first-order valence-corrected chi connectivity index (χ1v) is 11.2. The van der Waals surface area contributed by atoms with Crippen LogP contribution in [0.15, 0.2) is 24.3 Å². The molecule has 1 aromatic carbocycles. The summed E-state index contributed by atoms with van der Waals surface area (Å²) < 4.78 is 18.4. The van der Waals surface area contributed by atoms with Crippen molar-refractivity contribution >= 4 is 11.8 Å². The first-order valence-electron chi connectivity index (χ1n) is 11.2. The Morgan fingerprint density at radius 1 is 1.03 bits per heavy atom. The standard InChI is InChI=1S/C23H32FN3O3/c24-18-3-5-20(6-4-18)30-16-21(28)27-11-7-19(8-12-27)26-13-9-23(10-14-26,22(25)29)15-17-1-2-17/h3-6,17,19H,1-2,7-16H2,(H2,25,29). The van der Waals surface area contributed by atoms with Crippen molar-refractivity contribution < 1.29 is 18.7 Å². The fraction of sp³-hybridized carbons (Fsp3) is 0.652. The van der Waals surface area contributed by atoms with E-state index < -0.39 is 0 Å². The number of nitrogens with two attached hydrogens (primary N) is 1. The van der Waals surface area contributed by atoms with Gasteiger partial charge in [-0.2, -0.15) is 0 Å². The lowest BCUT2D eigenvalue weighted by molar-refractivity contribution is -0.136. The molecule has 7 heteroatoms. The molecule has 6 nitrogen and oxygen atoms in total. The maximum absolute atomic E-state index is 12.9. The smallest absolute Gasteiger partial charge is 0.260 e. The summed E-state index contributed by atoms with van der Waals surface area (Å²) in [4.78, 5) is 28.9. The van der Waals surface area contributed by atoms with Crippen molar-refractivity contribution in [2.45, 2.75) is 51.0 Å². The molecule has 3 fully saturated rings. The molecule has 0 atom stereocenters. The van der Waals surface area contributed by atoms with E-state index in [1.807, 2.05) is 4.90 Å². The number of piperidine rings is 2. The van der Waals surface area contributed by atoms with E-state index in [-0.39, 0.29) is 29.7 Å². The molecule has 0 bridgehead atoms. The van der Waals surface area contributed by atoms with Gasteiger partial charge in [-0.3, -0.25) is 9.59 Å². The third-order valence-corrected chi connectivity index (χ3v) is 7.16. The fourth-order valence-electron chi connectivity index (χ4n) is 4.99. The molecule has 2 amide bonds. The third kappa shape index (κ3) is 4.94. The van der Waals surface area contributed by atoms with E-state index in [9.17, 15) is 14.0 Å². The number of halogens is 1. The Balaban J connectivity index is 1.21. The number of benzene rings is 1. The monoisotopic (exact) mass is 417 g/mol. The van der Waals surface area contributed by atoms with Crippen molar-refractivity contribution in [2.24, 2.45) is 17.1 Å². The zero-order valence-electron chi connectivity index (χ0n) is 17.5. The summed E-state index contributed by atoms with van der Waals surface area (Å²) in [5.41, 5.74) is 5.50. The van der Waals surface area contributed by atoms with Crippen LogP contribution in [0.5, 0.6) is 5.75 Å². The number of carbonyl (C=O) groups excluding carboxylic acids is 2. The van der Waals surface area contributed by atoms with E-state index >= 15 is 0 Å². The van der Waals surface area contributed by atoms with Crippen LogP contribution in [0.4, 0.5) is 4.39 Å². The average molecular weight is 418 g/mol. The highest BCUT2D eigenvalue weighted by atomic mass is 19.1. The minimum absolute atomic E-state index is 0.0255. The summed E-state index contributed by atoms with van der Waals surface area (Å²) in [6.45, 7) is 3.25. The third-order valence-electron chi connectivity index (χ3n) is 7.16. The number of ether oxygens (including phenoxy) is 1. The lowest BCUT2D eigenvalue weighted by Crippen LogP contribution is -2.53. The molecule has 0 radical (unpaired) electrons. The van der Waals surface area contributed by atoms with Crippen molar-refractivity contribution in [3.05, 3.63) is 30.1 Å². The molecule has 1 saturated carbocycles. The molecule has 164 valence electrons. The molecule has 0 unspecified atom stereocenters. The van der Waals surface area contributed by atoms with Crippen LogP contribution < -0.4 is 10.5 Å². The molecule has 0 spiro atoms. The second kappa shape index (κ2) is 8.92. The van der Waals surface area contributed by atoms with Crippen LogP contribution in [0, 0.1) is 17.2 Å². The molecule has 4 rings (SSSR count). The summed E-state index contributed by atoms with van der Waals surface area (Å²) in [6, 6.07) is 6.16. The van der Waals surface area contributed by atoms with E-state index in [4.69, 9.17) is 10.5 Å². The normalized spacial score (nSPS) is 22.6. The van der Waals surface area contributed by atoms with Gasteiger partial charge in [0, 0.05) is 19.1 Å². The van der Waals surface area contributed by atoms with E-state index in [1.54, 1.807) is 0 Å². The van der Waals surface area contributed by atoms with Gasteiger partial charge in [-0.1, -0.05) is 12.8 Å². The van der Waals surface area contributed by atoms with Crippen LogP contribution in [-0.4, -0.2) is 60.4 Å². The van der Waals surface area contributed by atoms with Crippen molar-refractivity contribution in [3.8, 4) is 5.75 Å². The molecular formula is C23H32FN3O3. The van der Waals surface area contributed by atoms with E-state index in [0.717, 1.165) is 58.3 Å². The van der Waals surface area contributed by atoms with Crippen LogP contribution in [0.3, 0.4) is 0 Å². The molecule has 2 aliphatic heterocycles. The second-order valence-electron chi connectivity index (χ2n) is 9.18. The zero-order chi connectivity index (χ0) is 21.1. The van der Waals surface area contributed by atoms with Gasteiger partial charge >= 0.3 is 0 Å². The van der Waals surface area contributed by atoms with Crippen LogP contribution in [0.2, 0.25) is 0 Å². The number of likely N-dealkylation sites (tertiary alicyclic amines) is 2. The molecule has 2 N–H and O–H groups in total. The molecular weight excluding hydrogens is 385 g/mol. The maximum atomic E-state index is 12.9. The SMILES string of the molecule is NC(=O)C1(CC2CC2)CCN(C2CCN(C(=O)COc3ccc(F)cc3)CC2)CC1.